The first kappa shape index (κ1) is 25.4. The van der Waals surface area contributed by atoms with Crippen molar-refractivity contribution in [2.24, 2.45) is 0 Å². The van der Waals surface area contributed by atoms with Gasteiger partial charge in [0, 0.05) is 19.6 Å². The van der Waals surface area contributed by atoms with Crippen molar-refractivity contribution < 1.29 is 13.2 Å². The minimum Gasteiger partial charge on any atom is -0.492 e. The standard InChI is InChI=1S/C22H30N2O3S.C2H2/c1-4-5-6-18(2)17-23-13-14-27-22-10-9-20-15-19(7-8-21(20)16-22)11-12-24-28(3,25)26;1-2/h4-10,15-16,23-24H,11-14,17H2,1-3H3;1-2H/b5-4-,18-6+;. The molecule has 2 aromatic carbocycles. The Morgan fingerprint density at radius 2 is 1.80 bits per heavy atom. The van der Waals surface area contributed by atoms with Gasteiger partial charge in [-0.2, -0.15) is 0 Å². The summed E-state index contributed by atoms with van der Waals surface area (Å²) in [6, 6.07) is 12.2. The quantitative estimate of drug-likeness (QED) is 0.326. The Kier molecular flexibility index (Phi) is 11.5. The molecule has 5 nitrogen and oxygen atoms in total. The molecule has 0 atom stereocenters. The highest BCUT2D eigenvalue weighted by Gasteiger charge is 2.03. The van der Waals surface area contributed by atoms with Crippen molar-refractivity contribution >= 4 is 20.8 Å². The molecule has 162 valence electrons. The largest absolute Gasteiger partial charge is 0.492 e. The number of ether oxygens (including phenoxy) is 1. The lowest BCUT2D eigenvalue weighted by Gasteiger charge is -2.10. The van der Waals surface area contributed by atoms with Crippen LogP contribution in [0.3, 0.4) is 0 Å². The van der Waals surface area contributed by atoms with Crippen molar-refractivity contribution in [1.29, 1.82) is 0 Å². The van der Waals surface area contributed by atoms with Gasteiger partial charge in [0.1, 0.15) is 12.4 Å². The van der Waals surface area contributed by atoms with Crippen molar-refractivity contribution in [3.8, 4) is 18.6 Å². The van der Waals surface area contributed by atoms with Crippen molar-refractivity contribution in [1.82, 2.24) is 10.0 Å². The Morgan fingerprint density at radius 1 is 1.10 bits per heavy atom. The second-order valence-electron chi connectivity index (χ2n) is 6.82. The summed E-state index contributed by atoms with van der Waals surface area (Å²) in [5.74, 6) is 0.849. The number of rotatable bonds is 11. The van der Waals surface area contributed by atoms with Crippen LogP contribution in [0.25, 0.3) is 10.8 Å². The number of nitrogens with one attached hydrogen (secondary N) is 2. The molecule has 2 aromatic rings. The predicted octanol–water partition coefficient (Wildman–Crippen LogP) is 3.67. The van der Waals surface area contributed by atoms with Gasteiger partial charge in [-0.05, 0) is 48.7 Å². The van der Waals surface area contributed by atoms with Crippen LogP contribution in [0.2, 0.25) is 0 Å². The van der Waals surface area contributed by atoms with Crippen LogP contribution in [-0.2, 0) is 16.4 Å². The molecule has 0 spiro atoms. The molecule has 2 N–H and O–H groups in total. The lowest BCUT2D eigenvalue weighted by molar-refractivity contribution is 0.316. The molecule has 0 aliphatic rings. The van der Waals surface area contributed by atoms with Gasteiger partial charge in [0.25, 0.3) is 0 Å². The lowest BCUT2D eigenvalue weighted by atomic mass is 10.0. The fourth-order valence-corrected chi connectivity index (χ4v) is 3.22. The van der Waals surface area contributed by atoms with Crippen molar-refractivity contribution in [2.45, 2.75) is 20.3 Å². The molecule has 0 aliphatic carbocycles. The van der Waals surface area contributed by atoms with Crippen LogP contribution in [0.15, 0.2) is 60.2 Å². The molecule has 0 radical (unpaired) electrons. The van der Waals surface area contributed by atoms with Gasteiger partial charge < -0.3 is 10.1 Å². The summed E-state index contributed by atoms with van der Waals surface area (Å²) in [7, 11) is -3.14. The average molecular weight is 429 g/mol. The van der Waals surface area contributed by atoms with Gasteiger partial charge in [0.2, 0.25) is 10.0 Å². The maximum Gasteiger partial charge on any atom is 0.208 e. The fourth-order valence-electron chi connectivity index (χ4n) is 2.75. The summed E-state index contributed by atoms with van der Waals surface area (Å²) in [5.41, 5.74) is 2.38. The van der Waals surface area contributed by atoms with Crippen LogP contribution in [0.1, 0.15) is 19.4 Å². The first-order valence-electron chi connectivity index (χ1n) is 9.80. The molecule has 0 amide bonds. The van der Waals surface area contributed by atoms with Gasteiger partial charge in [-0.25, -0.2) is 13.1 Å². The number of terminal acetylenes is 1. The number of allylic oxidation sites excluding steroid dienone is 3. The Labute approximate surface area is 181 Å². The molecule has 0 aromatic heterocycles. The summed E-state index contributed by atoms with van der Waals surface area (Å²) >= 11 is 0. The maximum atomic E-state index is 11.1. The summed E-state index contributed by atoms with van der Waals surface area (Å²) in [4.78, 5) is 0. The minimum atomic E-state index is -3.14. The smallest absolute Gasteiger partial charge is 0.208 e. The van der Waals surface area contributed by atoms with Crippen LogP contribution < -0.4 is 14.8 Å². The first-order valence-corrected chi connectivity index (χ1v) is 11.7. The summed E-state index contributed by atoms with van der Waals surface area (Å²) < 4.78 is 30.6. The summed E-state index contributed by atoms with van der Waals surface area (Å²) in [6.45, 7) is 6.75. The van der Waals surface area contributed by atoms with Gasteiger partial charge in [0.15, 0.2) is 0 Å². The number of sulfonamides is 1. The van der Waals surface area contributed by atoms with Crippen LogP contribution in [0.5, 0.6) is 5.75 Å². The highest BCUT2D eigenvalue weighted by molar-refractivity contribution is 7.88. The SMILES string of the molecule is C#C.C/C=C\C=C(/C)CNCCOc1ccc2cc(CCNS(C)(=O)=O)ccc2c1. The van der Waals surface area contributed by atoms with Gasteiger partial charge in [-0.1, -0.05) is 48.1 Å². The molecule has 0 bridgehead atoms. The van der Waals surface area contributed by atoms with E-state index in [0.29, 0.717) is 19.6 Å². The highest BCUT2D eigenvalue weighted by atomic mass is 32.2. The van der Waals surface area contributed by atoms with Crippen molar-refractivity contribution in [3.05, 3.63) is 65.8 Å². The van der Waals surface area contributed by atoms with E-state index in [4.69, 9.17) is 4.74 Å². The zero-order chi connectivity index (χ0) is 22.4. The predicted molar refractivity (Wildman–Crippen MR) is 127 cm³/mol. The van der Waals surface area contributed by atoms with Crippen molar-refractivity contribution in [2.75, 3.05) is 32.5 Å². The van der Waals surface area contributed by atoms with E-state index in [1.54, 1.807) is 0 Å². The Hall–Kier alpha value is -2.59. The van der Waals surface area contributed by atoms with E-state index in [9.17, 15) is 8.42 Å². The molecule has 2 rings (SSSR count). The van der Waals surface area contributed by atoms with E-state index >= 15 is 0 Å². The normalized spacial score (nSPS) is 12.0. The topological polar surface area (TPSA) is 67.4 Å². The van der Waals surface area contributed by atoms with E-state index in [0.717, 1.165) is 35.2 Å². The van der Waals surface area contributed by atoms with Crippen LogP contribution in [0.4, 0.5) is 0 Å². The Morgan fingerprint density at radius 3 is 2.50 bits per heavy atom. The Balaban J connectivity index is 0.00000218. The number of benzene rings is 2. The average Bonchev–Trinajstić information content (AvgIpc) is 2.72. The molecule has 0 saturated carbocycles. The monoisotopic (exact) mass is 428 g/mol. The molecular formula is C24H32N2O3S. The molecular weight excluding hydrogens is 396 g/mol. The third-order valence-electron chi connectivity index (χ3n) is 4.18. The third kappa shape index (κ3) is 10.3. The zero-order valence-electron chi connectivity index (χ0n) is 18.0. The van der Waals surface area contributed by atoms with Gasteiger partial charge in [-0.3, -0.25) is 0 Å². The van der Waals surface area contributed by atoms with Crippen LogP contribution in [0, 0.1) is 12.8 Å². The molecule has 6 heteroatoms. The number of hydrogen-bond donors (Lipinski definition) is 2. The van der Waals surface area contributed by atoms with Crippen LogP contribution >= 0.6 is 0 Å². The number of fused-ring (bicyclic) bond motifs is 1. The molecule has 0 unspecified atom stereocenters. The third-order valence-corrected chi connectivity index (χ3v) is 4.91. The molecule has 0 saturated heterocycles. The van der Waals surface area contributed by atoms with E-state index in [1.165, 1.54) is 11.8 Å². The zero-order valence-corrected chi connectivity index (χ0v) is 18.8. The van der Waals surface area contributed by atoms with Crippen LogP contribution in [-0.4, -0.2) is 40.9 Å². The van der Waals surface area contributed by atoms with Gasteiger partial charge in [-0.15, -0.1) is 12.8 Å². The second-order valence-corrected chi connectivity index (χ2v) is 8.66. The summed E-state index contributed by atoms with van der Waals surface area (Å²) in [6.07, 6.45) is 16.0. The molecule has 0 aliphatic heterocycles. The summed E-state index contributed by atoms with van der Waals surface area (Å²) in [5, 5.41) is 5.59. The van der Waals surface area contributed by atoms with Gasteiger partial charge in [0.05, 0.1) is 6.26 Å². The van der Waals surface area contributed by atoms with E-state index < -0.39 is 10.0 Å². The first-order chi connectivity index (χ1) is 14.4. The van der Waals surface area contributed by atoms with E-state index in [2.05, 4.69) is 42.0 Å². The molecule has 30 heavy (non-hydrogen) atoms. The molecule has 0 heterocycles. The number of hydrogen-bond acceptors (Lipinski definition) is 4. The van der Waals surface area contributed by atoms with Gasteiger partial charge >= 0.3 is 0 Å². The Bertz CT molecular complexity index is 976. The lowest BCUT2D eigenvalue weighted by Crippen LogP contribution is -2.24. The van der Waals surface area contributed by atoms with E-state index in [1.807, 2.05) is 49.4 Å². The van der Waals surface area contributed by atoms with Crippen molar-refractivity contribution in [3.63, 3.8) is 0 Å². The minimum absolute atomic E-state index is 0.405. The fraction of sp³-hybridized carbons (Fsp3) is 0.333. The highest BCUT2D eigenvalue weighted by Crippen LogP contribution is 2.22. The van der Waals surface area contributed by atoms with E-state index in [-0.39, 0.29) is 0 Å². The maximum absolute atomic E-state index is 11.1. The molecule has 0 fully saturated rings. The second kappa shape index (κ2) is 13.6.